The fraction of sp³-hybridized carbons (Fsp3) is 0.125. The summed E-state index contributed by atoms with van der Waals surface area (Å²) in [7, 11) is 0. The summed E-state index contributed by atoms with van der Waals surface area (Å²) in [5.41, 5.74) is 1.97. The number of halogens is 2. The van der Waals surface area contributed by atoms with E-state index in [2.05, 4.69) is 22.0 Å². The van der Waals surface area contributed by atoms with Crippen LogP contribution in [0.2, 0.25) is 5.02 Å². The molecule has 20 heavy (non-hydrogen) atoms. The van der Waals surface area contributed by atoms with Crippen molar-refractivity contribution >= 4 is 33.3 Å². The summed E-state index contributed by atoms with van der Waals surface area (Å²) in [5.74, 6) is -1.04. The number of nitriles is 1. The van der Waals surface area contributed by atoms with Crippen molar-refractivity contribution in [2.24, 2.45) is 0 Å². The summed E-state index contributed by atoms with van der Waals surface area (Å²) in [6.07, 6.45) is 0. The molecule has 2 rings (SSSR count). The lowest BCUT2D eigenvalue weighted by atomic mass is 9.90. The van der Waals surface area contributed by atoms with Gasteiger partial charge in [-0.1, -0.05) is 45.7 Å². The van der Waals surface area contributed by atoms with Crippen LogP contribution in [0.5, 0.6) is 0 Å². The molecule has 1 unspecified atom stereocenters. The molecule has 2 nitrogen and oxygen atoms in total. The Hall–Kier alpha value is -1.63. The maximum absolute atomic E-state index is 12.6. The molecule has 0 bridgehead atoms. The summed E-state index contributed by atoms with van der Waals surface area (Å²) in [5, 5.41) is 9.94. The lowest BCUT2D eigenvalue weighted by Gasteiger charge is -2.12. The predicted molar refractivity (Wildman–Crippen MR) is 83.0 cm³/mol. The van der Waals surface area contributed by atoms with Crippen LogP contribution in [-0.2, 0) is 0 Å². The van der Waals surface area contributed by atoms with E-state index in [-0.39, 0.29) is 5.78 Å². The first-order valence-corrected chi connectivity index (χ1v) is 7.16. The highest BCUT2D eigenvalue weighted by atomic mass is 79.9. The van der Waals surface area contributed by atoms with E-state index in [9.17, 15) is 10.1 Å². The zero-order chi connectivity index (χ0) is 14.7. The molecule has 100 valence electrons. The Morgan fingerprint density at radius 1 is 1.30 bits per heavy atom. The molecule has 0 spiro atoms. The molecule has 0 heterocycles. The number of Topliss-reactive ketones (excluding diaryl/α,β-unsaturated/α-hetero) is 1. The zero-order valence-electron chi connectivity index (χ0n) is 10.7. The fourth-order valence-electron chi connectivity index (χ4n) is 2.04. The quantitative estimate of drug-likeness (QED) is 0.740. The third-order valence-electron chi connectivity index (χ3n) is 3.06. The Labute approximate surface area is 131 Å². The second-order valence-corrected chi connectivity index (χ2v) is 5.70. The Kier molecular flexibility index (Phi) is 4.59. The molecule has 0 fully saturated rings. The summed E-state index contributed by atoms with van der Waals surface area (Å²) < 4.78 is 0.756. The van der Waals surface area contributed by atoms with Crippen LogP contribution < -0.4 is 0 Å². The van der Waals surface area contributed by atoms with E-state index in [1.54, 1.807) is 24.3 Å². The van der Waals surface area contributed by atoms with Gasteiger partial charge in [-0.15, -0.1) is 0 Å². The highest BCUT2D eigenvalue weighted by Gasteiger charge is 2.24. The first-order chi connectivity index (χ1) is 9.54. The normalized spacial score (nSPS) is 11.7. The van der Waals surface area contributed by atoms with Crippen molar-refractivity contribution in [2.75, 3.05) is 0 Å². The Morgan fingerprint density at radius 3 is 2.60 bits per heavy atom. The minimum Gasteiger partial charge on any atom is -0.292 e. The Balaban J connectivity index is 2.45. The van der Waals surface area contributed by atoms with Crippen molar-refractivity contribution in [1.29, 1.82) is 5.26 Å². The number of aryl methyl sites for hydroxylation is 1. The van der Waals surface area contributed by atoms with Crippen molar-refractivity contribution in [3.63, 3.8) is 0 Å². The largest absolute Gasteiger partial charge is 0.292 e. The van der Waals surface area contributed by atoms with Crippen LogP contribution in [0.15, 0.2) is 46.9 Å². The minimum atomic E-state index is -0.828. The van der Waals surface area contributed by atoms with E-state index >= 15 is 0 Å². The SMILES string of the molecule is Cc1cc(Cl)ccc1C(=O)C(C#N)c1ccccc1Br. The van der Waals surface area contributed by atoms with Crippen LogP contribution in [0.25, 0.3) is 0 Å². The van der Waals surface area contributed by atoms with Gasteiger partial charge in [0, 0.05) is 15.1 Å². The van der Waals surface area contributed by atoms with Crippen LogP contribution >= 0.6 is 27.5 Å². The van der Waals surface area contributed by atoms with Crippen LogP contribution in [0.3, 0.4) is 0 Å². The van der Waals surface area contributed by atoms with Crippen molar-refractivity contribution in [1.82, 2.24) is 0 Å². The molecule has 0 radical (unpaired) electrons. The molecule has 0 aliphatic rings. The molecule has 2 aromatic carbocycles. The van der Waals surface area contributed by atoms with Gasteiger partial charge in [0.25, 0.3) is 0 Å². The van der Waals surface area contributed by atoms with Crippen LogP contribution in [0, 0.1) is 18.3 Å². The number of ketones is 1. The number of rotatable bonds is 3. The number of hydrogen-bond acceptors (Lipinski definition) is 2. The number of benzene rings is 2. The Morgan fingerprint density at radius 2 is 2.00 bits per heavy atom. The summed E-state index contributed by atoms with van der Waals surface area (Å²) in [6, 6.07) is 14.4. The van der Waals surface area contributed by atoms with E-state index < -0.39 is 5.92 Å². The zero-order valence-corrected chi connectivity index (χ0v) is 13.1. The van der Waals surface area contributed by atoms with Gasteiger partial charge in [0.05, 0.1) is 6.07 Å². The van der Waals surface area contributed by atoms with Gasteiger partial charge in [-0.2, -0.15) is 5.26 Å². The smallest absolute Gasteiger partial charge is 0.184 e. The molecule has 0 N–H and O–H groups in total. The average molecular weight is 349 g/mol. The molecule has 0 aliphatic heterocycles. The molecule has 0 aromatic heterocycles. The molecular weight excluding hydrogens is 338 g/mol. The second kappa shape index (κ2) is 6.21. The maximum atomic E-state index is 12.6. The molecule has 0 aliphatic carbocycles. The topological polar surface area (TPSA) is 40.9 Å². The van der Waals surface area contributed by atoms with E-state index in [1.807, 2.05) is 25.1 Å². The van der Waals surface area contributed by atoms with Crippen molar-refractivity contribution in [2.45, 2.75) is 12.8 Å². The summed E-state index contributed by atoms with van der Waals surface area (Å²) in [4.78, 5) is 12.6. The lowest BCUT2D eigenvalue weighted by Crippen LogP contribution is -2.13. The Bertz CT molecular complexity index is 706. The molecular formula is C16H11BrClNO. The predicted octanol–water partition coefficient (Wildman–Crippen LogP) is 4.90. The molecule has 0 saturated heterocycles. The fourth-order valence-corrected chi connectivity index (χ4v) is 2.78. The molecule has 4 heteroatoms. The van der Waals surface area contributed by atoms with Gasteiger partial charge in [-0.25, -0.2) is 0 Å². The van der Waals surface area contributed by atoms with Gasteiger partial charge in [-0.3, -0.25) is 4.79 Å². The van der Waals surface area contributed by atoms with Crippen LogP contribution in [-0.4, -0.2) is 5.78 Å². The van der Waals surface area contributed by atoms with Gasteiger partial charge in [0.15, 0.2) is 5.78 Å². The maximum Gasteiger partial charge on any atom is 0.184 e. The van der Waals surface area contributed by atoms with Gasteiger partial charge in [0.2, 0.25) is 0 Å². The summed E-state index contributed by atoms with van der Waals surface area (Å²) in [6.45, 7) is 1.81. The monoisotopic (exact) mass is 347 g/mol. The number of hydrogen-bond donors (Lipinski definition) is 0. The van der Waals surface area contributed by atoms with Crippen molar-refractivity contribution < 1.29 is 4.79 Å². The second-order valence-electron chi connectivity index (χ2n) is 4.41. The first-order valence-electron chi connectivity index (χ1n) is 5.99. The van der Waals surface area contributed by atoms with Gasteiger partial charge in [-0.05, 0) is 42.3 Å². The highest BCUT2D eigenvalue weighted by molar-refractivity contribution is 9.10. The molecule has 1 atom stereocenters. The van der Waals surface area contributed by atoms with E-state index in [0.717, 1.165) is 10.0 Å². The highest BCUT2D eigenvalue weighted by Crippen LogP contribution is 2.28. The van der Waals surface area contributed by atoms with Crippen molar-refractivity contribution in [3.05, 3.63) is 68.7 Å². The number of nitrogens with zero attached hydrogens (tertiary/aromatic N) is 1. The summed E-state index contributed by atoms with van der Waals surface area (Å²) >= 11 is 9.28. The van der Waals surface area contributed by atoms with E-state index in [4.69, 9.17) is 11.6 Å². The molecule has 0 amide bonds. The first kappa shape index (κ1) is 14.8. The van der Waals surface area contributed by atoms with Gasteiger partial charge < -0.3 is 0 Å². The number of carbonyl (C=O) groups excluding carboxylic acids is 1. The third-order valence-corrected chi connectivity index (χ3v) is 4.02. The molecule has 2 aromatic rings. The van der Waals surface area contributed by atoms with E-state index in [1.165, 1.54) is 0 Å². The van der Waals surface area contributed by atoms with Crippen molar-refractivity contribution in [3.8, 4) is 6.07 Å². The standard InChI is InChI=1S/C16H11BrClNO/c1-10-8-11(18)6-7-12(10)16(20)14(9-19)13-4-2-3-5-15(13)17/h2-8,14H,1H3. The number of carbonyl (C=O) groups is 1. The van der Waals surface area contributed by atoms with Crippen LogP contribution in [0.1, 0.15) is 27.4 Å². The van der Waals surface area contributed by atoms with Gasteiger partial charge >= 0.3 is 0 Å². The van der Waals surface area contributed by atoms with Crippen LogP contribution in [0.4, 0.5) is 0 Å². The van der Waals surface area contributed by atoms with Gasteiger partial charge in [0.1, 0.15) is 5.92 Å². The third kappa shape index (κ3) is 2.92. The molecule has 0 saturated carbocycles. The minimum absolute atomic E-state index is 0.214. The van der Waals surface area contributed by atoms with E-state index in [0.29, 0.717) is 16.1 Å². The lowest BCUT2D eigenvalue weighted by molar-refractivity contribution is 0.0978. The average Bonchev–Trinajstić information content (AvgIpc) is 2.41.